The summed E-state index contributed by atoms with van der Waals surface area (Å²) in [6.45, 7) is 11.1. The van der Waals surface area contributed by atoms with Gasteiger partial charge in [-0.25, -0.2) is 0 Å². The summed E-state index contributed by atoms with van der Waals surface area (Å²) in [5.74, 6) is 0. The lowest BCUT2D eigenvalue weighted by molar-refractivity contribution is 0.557. The molecule has 0 bridgehead atoms. The smallest absolute Gasteiger partial charge is 0.0628 e. The van der Waals surface area contributed by atoms with Crippen LogP contribution in [0.4, 0.5) is 0 Å². The highest BCUT2D eigenvalue weighted by molar-refractivity contribution is 5.24. The van der Waals surface area contributed by atoms with Gasteiger partial charge in [0.15, 0.2) is 0 Å². The molecule has 1 heterocycles. The van der Waals surface area contributed by atoms with Gasteiger partial charge < -0.3 is 11.1 Å². The Bertz CT molecular complexity index is 330. The van der Waals surface area contributed by atoms with E-state index in [4.69, 9.17) is 5.73 Å². The van der Waals surface area contributed by atoms with Crippen LogP contribution in [-0.2, 0) is 13.0 Å². The van der Waals surface area contributed by atoms with Crippen LogP contribution in [-0.4, -0.2) is 28.9 Å². The van der Waals surface area contributed by atoms with E-state index in [9.17, 15) is 0 Å². The van der Waals surface area contributed by atoms with Gasteiger partial charge in [0.1, 0.15) is 0 Å². The molecule has 0 unspecified atom stereocenters. The summed E-state index contributed by atoms with van der Waals surface area (Å²) in [5.41, 5.74) is 9.38. The molecule has 4 nitrogen and oxygen atoms in total. The van der Waals surface area contributed by atoms with Crippen LogP contribution in [0.25, 0.3) is 0 Å². The summed E-state index contributed by atoms with van der Waals surface area (Å²) in [6.07, 6.45) is 1.03. The first kappa shape index (κ1) is 13.2. The number of hydrogen-bond donors (Lipinski definition) is 2. The second-order valence-corrected chi connectivity index (χ2v) is 4.31. The summed E-state index contributed by atoms with van der Waals surface area (Å²) < 4.78 is 2.07. The number of rotatable bonds is 6. The van der Waals surface area contributed by atoms with E-state index < -0.39 is 0 Å². The minimum atomic E-state index is 0.391. The second kappa shape index (κ2) is 6.01. The van der Waals surface area contributed by atoms with Crippen LogP contribution in [0, 0.1) is 13.8 Å². The molecule has 0 amide bonds. The molecule has 0 spiro atoms. The number of nitrogens with one attached hydrogen (secondary N) is 1. The highest BCUT2D eigenvalue weighted by atomic mass is 15.3. The number of hydrogen-bond acceptors (Lipinski definition) is 3. The van der Waals surface area contributed by atoms with E-state index in [-0.39, 0.29) is 0 Å². The van der Waals surface area contributed by atoms with E-state index in [0.29, 0.717) is 12.6 Å². The Balaban J connectivity index is 2.56. The average Bonchev–Trinajstić information content (AvgIpc) is 2.55. The van der Waals surface area contributed by atoms with E-state index in [1.54, 1.807) is 0 Å². The first-order valence-corrected chi connectivity index (χ1v) is 6.06. The van der Waals surface area contributed by atoms with Gasteiger partial charge >= 0.3 is 0 Å². The Labute approximate surface area is 98.2 Å². The summed E-state index contributed by atoms with van der Waals surface area (Å²) in [7, 11) is 0. The molecule has 0 aliphatic rings. The molecule has 16 heavy (non-hydrogen) atoms. The fraction of sp³-hybridized carbons (Fsp3) is 0.750. The fourth-order valence-electron chi connectivity index (χ4n) is 1.93. The molecule has 3 N–H and O–H groups in total. The molecule has 1 aromatic heterocycles. The fourth-order valence-corrected chi connectivity index (χ4v) is 1.93. The van der Waals surface area contributed by atoms with Gasteiger partial charge in [-0.2, -0.15) is 5.10 Å². The van der Waals surface area contributed by atoms with Gasteiger partial charge in [0.2, 0.25) is 0 Å². The third-order valence-electron chi connectivity index (χ3n) is 3.05. The van der Waals surface area contributed by atoms with Crippen LogP contribution in [0.2, 0.25) is 0 Å². The van der Waals surface area contributed by atoms with Gasteiger partial charge in [0.25, 0.3) is 0 Å². The predicted octanol–water partition coefficient (Wildman–Crippen LogP) is 0.999. The van der Waals surface area contributed by atoms with Crippen LogP contribution >= 0.6 is 0 Å². The lowest BCUT2D eigenvalue weighted by atomic mass is 10.1. The van der Waals surface area contributed by atoms with Crippen LogP contribution in [0.5, 0.6) is 0 Å². The largest absolute Gasteiger partial charge is 0.329 e. The zero-order chi connectivity index (χ0) is 12.1. The third kappa shape index (κ3) is 3.06. The maximum Gasteiger partial charge on any atom is 0.0628 e. The van der Waals surface area contributed by atoms with E-state index in [1.165, 1.54) is 11.3 Å². The quantitative estimate of drug-likeness (QED) is 0.758. The van der Waals surface area contributed by atoms with Crippen molar-refractivity contribution in [1.82, 2.24) is 15.1 Å². The Morgan fingerprint density at radius 2 is 2.12 bits per heavy atom. The summed E-state index contributed by atoms with van der Waals surface area (Å²) in [5, 5.41) is 7.91. The Morgan fingerprint density at radius 3 is 2.62 bits per heavy atom. The molecule has 0 aromatic carbocycles. The van der Waals surface area contributed by atoms with Crippen LogP contribution in [0.3, 0.4) is 0 Å². The van der Waals surface area contributed by atoms with Crippen LogP contribution in [0.1, 0.15) is 30.8 Å². The minimum Gasteiger partial charge on any atom is -0.329 e. The average molecular weight is 224 g/mol. The summed E-state index contributed by atoms with van der Waals surface area (Å²) in [4.78, 5) is 0. The van der Waals surface area contributed by atoms with Crippen molar-refractivity contribution in [2.45, 2.75) is 46.7 Å². The van der Waals surface area contributed by atoms with Crippen LogP contribution in [0.15, 0.2) is 0 Å². The molecule has 0 saturated carbocycles. The maximum atomic E-state index is 5.56. The lowest BCUT2D eigenvalue weighted by Gasteiger charge is -2.11. The topological polar surface area (TPSA) is 55.9 Å². The standard InChI is InChI=1S/C12H24N4/c1-5-16-11(4)12(10(3)15-16)6-7-14-9(2)8-13/h9,14H,5-8,13H2,1-4H3/t9-/m1/s1. The molecular weight excluding hydrogens is 200 g/mol. The van der Waals surface area contributed by atoms with Crippen molar-refractivity contribution in [3.8, 4) is 0 Å². The SMILES string of the molecule is CCn1nc(C)c(CCN[C@H](C)CN)c1C. The number of aryl methyl sites for hydroxylation is 2. The lowest BCUT2D eigenvalue weighted by Crippen LogP contribution is -2.34. The Hall–Kier alpha value is -0.870. The van der Waals surface area contributed by atoms with E-state index in [0.717, 1.165) is 25.2 Å². The van der Waals surface area contributed by atoms with Crippen molar-refractivity contribution in [3.63, 3.8) is 0 Å². The summed E-state index contributed by atoms with van der Waals surface area (Å²) in [6, 6.07) is 0.391. The van der Waals surface area contributed by atoms with E-state index in [1.807, 2.05) is 0 Å². The monoisotopic (exact) mass is 224 g/mol. The van der Waals surface area contributed by atoms with Crippen LogP contribution < -0.4 is 11.1 Å². The van der Waals surface area contributed by atoms with Crippen molar-refractivity contribution in [3.05, 3.63) is 17.0 Å². The molecule has 1 atom stereocenters. The number of aromatic nitrogens is 2. The molecule has 0 saturated heterocycles. The minimum absolute atomic E-state index is 0.391. The zero-order valence-electron chi connectivity index (χ0n) is 10.9. The molecule has 1 aromatic rings. The molecule has 1 rings (SSSR count). The van der Waals surface area contributed by atoms with Crippen molar-refractivity contribution in [2.75, 3.05) is 13.1 Å². The van der Waals surface area contributed by atoms with E-state index >= 15 is 0 Å². The summed E-state index contributed by atoms with van der Waals surface area (Å²) >= 11 is 0. The van der Waals surface area contributed by atoms with Gasteiger partial charge in [0, 0.05) is 24.8 Å². The van der Waals surface area contributed by atoms with Crippen molar-refractivity contribution >= 4 is 0 Å². The van der Waals surface area contributed by atoms with Gasteiger partial charge in [-0.05, 0) is 46.2 Å². The van der Waals surface area contributed by atoms with Gasteiger partial charge in [-0.3, -0.25) is 4.68 Å². The second-order valence-electron chi connectivity index (χ2n) is 4.31. The molecular formula is C12H24N4. The molecule has 0 aliphatic heterocycles. The molecule has 0 fully saturated rings. The molecule has 92 valence electrons. The van der Waals surface area contributed by atoms with E-state index in [2.05, 4.69) is 42.8 Å². The zero-order valence-corrected chi connectivity index (χ0v) is 10.9. The first-order valence-electron chi connectivity index (χ1n) is 6.06. The molecule has 4 heteroatoms. The molecule has 0 radical (unpaired) electrons. The Kier molecular flexibility index (Phi) is 4.96. The van der Waals surface area contributed by atoms with Crippen molar-refractivity contribution in [1.29, 1.82) is 0 Å². The third-order valence-corrected chi connectivity index (χ3v) is 3.05. The van der Waals surface area contributed by atoms with Crippen molar-refractivity contribution < 1.29 is 0 Å². The van der Waals surface area contributed by atoms with Gasteiger partial charge in [-0.1, -0.05) is 0 Å². The van der Waals surface area contributed by atoms with Gasteiger partial charge in [0.05, 0.1) is 5.69 Å². The number of nitrogens with zero attached hydrogens (tertiary/aromatic N) is 2. The highest BCUT2D eigenvalue weighted by Gasteiger charge is 2.10. The molecule has 0 aliphatic carbocycles. The number of nitrogens with two attached hydrogens (primary N) is 1. The first-order chi connectivity index (χ1) is 7.60. The maximum absolute atomic E-state index is 5.56. The van der Waals surface area contributed by atoms with Gasteiger partial charge in [-0.15, -0.1) is 0 Å². The predicted molar refractivity (Wildman–Crippen MR) is 67.6 cm³/mol. The highest BCUT2D eigenvalue weighted by Crippen LogP contribution is 2.13. The normalized spacial score (nSPS) is 13.1. The Morgan fingerprint density at radius 1 is 1.44 bits per heavy atom. The van der Waals surface area contributed by atoms with Crippen molar-refractivity contribution in [2.24, 2.45) is 5.73 Å².